The molecule has 7 nitrogen and oxygen atoms in total. The number of hydrogen-bond donors (Lipinski definition) is 0. The Labute approximate surface area is 227 Å². The molecule has 1 atom stereocenters. The Morgan fingerprint density at radius 2 is 1.72 bits per heavy atom. The Morgan fingerprint density at radius 1 is 0.972 bits per heavy atom. The van der Waals surface area contributed by atoms with Gasteiger partial charge in [-0.2, -0.15) is 0 Å². The molecule has 0 bridgehead atoms. The largest absolute Gasteiger partial charge is 0.487 e. The van der Waals surface area contributed by atoms with Crippen LogP contribution in [0.5, 0.6) is 5.75 Å². The highest BCUT2D eigenvalue weighted by Gasteiger charge is 2.24. The van der Waals surface area contributed by atoms with Gasteiger partial charge >= 0.3 is 0 Å². The summed E-state index contributed by atoms with van der Waals surface area (Å²) >= 11 is 19.8. The van der Waals surface area contributed by atoms with Crippen molar-refractivity contribution in [2.75, 3.05) is 6.54 Å². The Kier molecular flexibility index (Phi) is 8.41. The van der Waals surface area contributed by atoms with Gasteiger partial charge in [0.1, 0.15) is 23.4 Å². The molecule has 3 aromatic carbocycles. The molecule has 1 aromatic heterocycles. The number of benzene rings is 3. The van der Waals surface area contributed by atoms with Crippen molar-refractivity contribution in [2.24, 2.45) is 0 Å². The topological polar surface area (TPSA) is 83.1 Å². The number of aryl methyl sites for hydroxylation is 2. The van der Waals surface area contributed by atoms with Crippen LogP contribution in [0.1, 0.15) is 27.8 Å². The quantitative estimate of drug-likeness (QED) is 0.119. The lowest BCUT2D eigenvalue weighted by Gasteiger charge is -2.16. The van der Waals surface area contributed by atoms with Crippen molar-refractivity contribution in [3.63, 3.8) is 0 Å². The van der Waals surface area contributed by atoms with Crippen molar-refractivity contribution in [2.45, 2.75) is 30.9 Å². The van der Waals surface area contributed by atoms with Gasteiger partial charge in [-0.25, -0.2) is 0 Å². The van der Waals surface area contributed by atoms with Crippen molar-refractivity contribution in [3.05, 3.63) is 108 Å². The number of rotatable bonds is 9. The van der Waals surface area contributed by atoms with Gasteiger partial charge in [-0.1, -0.05) is 76.4 Å². The van der Waals surface area contributed by atoms with Gasteiger partial charge in [0.2, 0.25) is 6.54 Å². The normalized spacial score (nSPS) is 11.9. The van der Waals surface area contributed by atoms with E-state index < -0.39 is 5.25 Å². The van der Waals surface area contributed by atoms with E-state index >= 15 is 0 Å². The summed E-state index contributed by atoms with van der Waals surface area (Å²) in [5.74, 6) is 1.14. The second-order valence-corrected chi connectivity index (χ2v) is 10.4. The van der Waals surface area contributed by atoms with Crippen molar-refractivity contribution >= 4 is 46.6 Å². The first-order chi connectivity index (χ1) is 17.2. The summed E-state index contributed by atoms with van der Waals surface area (Å²) in [4.78, 5) is 11.2. The van der Waals surface area contributed by atoms with Crippen LogP contribution in [0.15, 0.2) is 65.8 Å². The van der Waals surface area contributed by atoms with Crippen molar-refractivity contribution in [3.8, 4) is 11.4 Å². The molecule has 1 heterocycles. The minimum Gasteiger partial charge on any atom is -0.487 e. The van der Waals surface area contributed by atoms with E-state index in [0.29, 0.717) is 37.4 Å². The van der Waals surface area contributed by atoms with Gasteiger partial charge in [-0.05, 0) is 61.4 Å². The minimum atomic E-state index is -0.547. The standard InChI is InChI=1S/C25H21Cl3N4O3S/c1-15-3-7-19(8-4-15)32-16(2)29-30-25(32)36-24(13-31(33)34)18-6-10-23(22(28)12-18)35-14-17-5-9-20(26)21(27)11-17/h3-12,24H,13-14H2,1-2H3/t24-/m1/s1. The molecule has 0 aliphatic heterocycles. The second kappa shape index (κ2) is 11.5. The Morgan fingerprint density at radius 3 is 2.39 bits per heavy atom. The Balaban J connectivity index is 1.56. The van der Waals surface area contributed by atoms with Gasteiger partial charge in [0, 0.05) is 10.6 Å². The molecule has 0 fully saturated rings. The van der Waals surface area contributed by atoms with Crippen LogP contribution in [0.3, 0.4) is 0 Å². The monoisotopic (exact) mass is 562 g/mol. The molecule has 0 radical (unpaired) electrons. The molecule has 0 N–H and O–H groups in total. The molecule has 4 rings (SSSR count). The lowest BCUT2D eigenvalue weighted by Crippen LogP contribution is -2.11. The summed E-state index contributed by atoms with van der Waals surface area (Å²) in [7, 11) is 0. The molecule has 11 heteroatoms. The van der Waals surface area contributed by atoms with Gasteiger partial charge < -0.3 is 4.74 Å². The van der Waals surface area contributed by atoms with E-state index in [2.05, 4.69) is 10.2 Å². The number of hydrogen-bond acceptors (Lipinski definition) is 6. The fourth-order valence-corrected chi connectivity index (χ4v) is 5.24. The zero-order valence-electron chi connectivity index (χ0n) is 19.3. The lowest BCUT2D eigenvalue weighted by molar-refractivity contribution is -0.479. The van der Waals surface area contributed by atoms with E-state index in [0.717, 1.165) is 16.8 Å². The van der Waals surface area contributed by atoms with Crippen molar-refractivity contribution < 1.29 is 9.66 Å². The van der Waals surface area contributed by atoms with Gasteiger partial charge in [-0.15, -0.1) is 10.2 Å². The fourth-order valence-electron chi connectivity index (χ4n) is 3.51. The average Bonchev–Trinajstić information content (AvgIpc) is 3.20. The first-order valence-corrected chi connectivity index (χ1v) is 12.9. The summed E-state index contributed by atoms with van der Waals surface area (Å²) in [5.41, 5.74) is 3.52. The van der Waals surface area contributed by atoms with E-state index in [1.54, 1.807) is 30.3 Å². The molecule has 0 spiro atoms. The summed E-state index contributed by atoms with van der Waals surface area (Å²) < 4.78 is 7.72. The van der Waals surface area contributed by atoms with E-state index in [-0.39, 0.29) is 18.1 Å². The molecule has 0 aliphatic carbocycles. The summed E-state index contributed by atoms with van der Waals surface area (Å²) in [6.45, 7) is 3.77. The number of nitrogens with zero attached hydrogens (tertiary/aromatic N) is 4. The SMILES string of the molecule is Cc1ccc(-n2c(C)nnc2S[C@H](C[N+](=O)[O-])c2ccc(OCc3ccc(Cl)c(Cl)c3)c(Cl)c2)cc1. The minimum absolute atomic E-state index is 0.238. The molecule has 0 amide bonds. The predicted octanol–water partition coefficient (Wildman–Crippen LogP) is 7.53. The Hall–Kier alpha value is -2.78. The Bertz CT molecular complexity index is 1400. The van der Waals surface area contributed by atoms with Crippen LogP contribution < -0.4 is 4.74 Å². The summed E-state index contributed by atoms with van der Waals surface area (Å²) in [6.07, 6.45) is 0. The van der Waals surface area contributed by atoms with Crippen LogP contribution in [0.2, 0.25) is 15.1 Å². The van der Waals surface area contributed by atoms with Gasteiger partial charge in [0.15, 0.2) is 5.16 Å². The molecule has 0 saturated carbocycles. The van der Waals surface area contributed by atoms with Gasteiger partial charge in [-0.3, -0.25) is 14.7 Å². The van der Waals surface area contributed by atoms with Gasteiger partial charge in [0.05, 0.1) is 15.1 Å². The van der Waals surface area contributed by atoms with Crippen LogP contribution in [-0.4, -0.2) is 26.2 Å². The number of halogens is 3. The van der Waals surface area contributed by atoms with E-state index in [9.17, 15) is 10.1 Å². The number of nitro groups is 1. The maximum atomic E-state index is 11.5. The highest BCUT2D eigenvalue weighted by molar-refractivity contribution is 7.99. The molecule has 186 valence electrons. The number of thioether (sulfide) groups is 1. The lowest BCUT2D eigenvalue weighted by atomic mass is 10.1. The molecule has 0 saturated heterocycles. The van der Waals surface area contributed by atoms with Gasteiger partial charge in [0.25, 0.3) is 0 Å². The predicted molar refractivity (Wildman–Crippen MR) is 144 cm³/mol. The maximum absolute atomic E-state index is 11.5. The van der Waals surface area contributed by atoms with E-state index in [1.165, 1.54) is 11.8 Å². The van der Waals surface area contributed by atoms with Crippen molar-refractivity contribution in [1.82, 2.24) is 14.8 Å². The highest BCUT2D eigenvalue weighted by atomic mass is 35.5. The van der Waals surface area contributed by atoms with Crippen molar-refractivity contribution in [1.29, 1.82) is 0 Å². The van der Waals surface area contributed by atoms with E-state index in [1.807, 2.05) is 48.7 Å². The first kappa shape index (κ1) is 26.3. The third kappa shape index (κ3) is 6.31. The van der Waals surface area contributed by atoms with Crippen LogP contribution in [-0.2, 0) is 6.61 Å². The number of aromatic nitrogens is 3. The van der Waals surface area contributed by atoms with Crippen LogP contribution in [0.25, 0.3) is 5.69 Å². The van der Waals surface area contributed by atoms with Crippen LogP contribution >= 0.6 is 46.6 Å². The number of ether oxygens (including phenoxy) is 1. The molecule has 0 aliphatic rings. The summed E-state index contributed by atoms with van der Waals surface area (Å²) in [5, 5.41) is 21.2. The maximum Gasteiger partial charge on any atom is 0.220 e. The smallest absolute Gasteiger partial charge is 0.220 e. The van der Waals surface area contributed by atoms with E-state index in [4.69, 9.17) is 39.5 Å². The van der Waals surface area contributed by atoms with Crippen LogP contribution in [0.4, 0.5) is 0 Å². The average molecular weight is 564 g/mol. The summed E-state index contributed by atoms with van der Waals surface area (Å²) in [6, 6.07) is 18.3. The second-order valence-electron chi connectivity index (χ2n) is 8.05. The zero-order valence-corrected chi connectivity index (χ0v) is 22.4. The zero-order chi connectivity index (χ0) is 25.8. The third-order valence-electron chi connectivity index (χ3n) is 5.36. The molecular formula is C25H21Cl3N4O3S. The third-order valence-corrected chi connectivity index (χ3v) is 7.57. The van der Waals surface area contributed by atoms with Crippen LogP contribution in [0, 0.1) is 24.0 Å². The highest BCUT2D eigenvalue weighted by Crippen LogP contribution is 2.39. The fraction of sp³-hybridized carbons (Fsp3) is 0.200. The molecule has 4 aromatic rings. The molecule has 0 unspecified atom stereocenters. The molecule has 36 heavy (non-hydrogen) atoms. The molecular weight excluding hydrogens is 543 g/mol. The first-order valence-electron chi connectivity index (χ1n) is 10.8.